The minimum atomic E-state index is -4.29. The van der Waals surface area contributed by atoms with E-state index in [9.17, 15) is 18.1 Å². The topological polar surface area (TPSA) is 77.4 Å². The normalized spacial score (nSPS) is 14.1. The molecule has 1 N–H and O–H groups in total. The Bertz CT molecular complexity index is 374. The monoisotopic (exact) mass is 402 g/mol. The maximum atomic E-state index is 11.2. The third kappa shape index (κ3) is 18.6. The van der Waals surface area contributed by atoms with Crippen LogP contribution in [0.4, 0.5) is 0 Å². The van der Waals surface area contributed by atoms with Crippen molar-refractivity contribution in [3.05, 3.63) is 0 Å². The van der Waals surface area contributed by atoms with Crippen molar-refractivity contribution in [1.29, 1.82) is 0 Å². The van der Waals surface area contributed by atoms with Gasteiger partial charge in [-0.3, -0.25) is 0 Å². The Balaban J connectivity index is 0. The zero-order valence-corrected chi connectivity index (χ0v) is 20.8. The largest absolute Gasteiger partial charge is 1.00 e. The van der Waals surface area contributed by atoms with Crippen LogP contribution in [-0.4, -0.2) is 29.4 Å². The molecule has 0 aromatic carbocycles. The van der Waals surface area contributed by atoms with Gasteiger partial charge in [0, 0.05) is 0 Å². The Kier molecular flexibility index (Phi) is 21.7. The number of hydrogen-bond acceptors (Lipinski definition) is 4. The summed E-state index contributed by atoms with van der Waals surface area (Å²) in [5, 5.41) is 9.08. The first-order valence-electron chi connectivity index (χ1n) is 10.0. The molecule has 6 heteroatoms. The molecule has 2 atom stereocenters. The molecule has 0 rings (SSSR count). The fourth-order valence-electron chi connectivity index (χ4n) is 3.10. The second kappa shape index (κ2) is 18.9. The van der Waals surface area contributed by atoms with Gasteiger partial charge in [-0.1, -0.05) is 90.9 Å². The third-order valence-electron chi connectivity index (χ3n) is 4.71. The van der Waals surface area contributed by atoms with Crippen LogP contribution in [0.2, 0.25) is 0 Å². The molecule has 0 bridgehead atoms. The molecule has 4 nitrogen and oxygen atoms in total. The van der Waals surface area contributed by atoms with Crippen LogP contribution in [0.1, 0.15) is 110 Å². The molecule has 0 saturated heterocycles. The van der Waals surface area contributed by atoms with Gasteiger partial charge in [-0.2, -0.15) is 0 Å². The van der Waals surface area contributed by atoms with E-state index in [1.54, 1.807) is 0 Å². The molecule has 0 saturated carbocycles. The van der Waals surface area contributed by atoms with Gasteiger partial charge in [0.05, 0.1) is 21.5 Å². The molecule has 0 aromatic heterocycles. The summed E-state index contributed by atoms with van der Waals surface area (Å²) in [4.78, 5) is 0. The molecule has 25 heavy (non-hydrogen) atoms. The molecular formula is C19H39KO4S. The average molecular weight is 403 g/mol. The predicted octanol–water partition coefficient (Wildman–Crippen LogP) is 2.16. The van der Waals surface area contributed by atoms with Crippen molar-refractivity contribution in [2.45, 2.75) is 122 Å². The molecule has 0 amide bonds. The van der Waals surface area contributed by atoms with Crippen LogP contribution >= 0.6 is 0 Å². The van der Waals surface area contributed by atoms with Gasteiger partial charge in [0.15, 0.2) is 0 Å². The van der Waals surface area contributed by atoms with E-state index in [1.807, 2.05) is 6.92 Å². The average Bonchev–Trinajstić information content (AvgIpc) is 2.52. The van der Waals surface area contributed by atoms with Crippen LogP contribution in [0, 0.1) is 0 Å². The Morgan fingerprint density at radius 3 is 1.64 bits per heavy atom. The summed E-state index contributed by atoms with van der Waals surface area (Å²) < 4.78 is 33.7. The summed E-state index contributed by atoms with van der Waals surface area (Å²) in [6, 6.07) is 0. The summed E-state index contributed by atoms with van der Waals surface area (Å²) in [7, 11) is -4.29. The number of hydrogen-bond donors (Lipinski definition) is 1. The Labute approximate surface area is 199 Å². The van der Waals surface area contributed by atoms with Crippen molar-refractivity contribution in [1.82, 2.24) is 0 Å². The van der Waals surface area contributed by atoms with E-state index in [-0.39, 0.29) is 57.8 Å². The first-order chi connectivity index (χ1) is 11.4. The maximum Gasteiger partial charge on any atom is 1.00 e. The zero-order valence-electron chi connectivity index (χ0n) is 16.8. The second-order valence-corrected chi connectivity index (χ2v) is 8.77. The molecule has 0 aliphatic rings. The van der Waals surface area contributed by atoms with Crippen molar-refractivity contribution in [3.63, 3.8) is 0 Å². The molecule has 0 aliphatic carbocycles. The van der Waals surface area contributed by atoms with Crippen LogP contribution in [0.15, 0.2) is 0 Å². The number of aliphatic hydroxyl groups is 1. The van der Waals surface area contributed by atoms with Gasteiger partial charge in [-0.25, -0.2) is 8.42 Å². The Morgan fingerprint density at radius 1 is 0.760 bits per heavy atom. The standard InChI is InChI=1S/C19H40O4S.K/c1-3-5-7-8-9-10-11-12-13-14-15-18(20)17-19(16-6-4-2)24(21,22)23;/h18-20H,3-17H2,1-2H3,(H,21,22,23);/q;+1/p-1. The first kappa shape index (κ1) is 28.7. The Hall–Kier alpha value is 1.51. The second-order valence-electron chi connectivity index (χ2n) is 7.12. The van der Waals surface area contributed by atoms with Crippen molar-refractivity contribution in [3.8, 4) is 0 Å². The zero-order chi connectivity index (χ0) is 18.3. The van der Waals surface area contributed by atoms with Gasteiger partial charge < -0.3 is 9.66 Å². The number of rotatable bonds is 17. The SMILES string of the molecule is CCCCCCCCCCCCC(O)CC(CCCC)S(=O)(=O)[O-].[K+]. The van der Waals surface area contributed by atoms with Crippen LogP contribution in [0.3, 0.4) is 0 Å². The Morgan fingerprint density at radius 2 is 1.20 bits per heavy atom. The van der Waals surface area contributed by atoms with Crippen molar-refractivity contribution >= 4 is 10.1 Å². The van der Waals surface area contributed by atoms with Gasteiger partial charge in [0.1, 0.15) is 0 Å². The summed E-state index contributed by atoms with van der Waals surface area (Å²) >= 11 is 0. The van der Waals surface area contributed by atoms with E-state index < -0.39 is 21.5 Å². The van der Waals surface area contributed by atoms with Crippen LogP contribution in [-0.2, 0) is 10.1 Å². The van der Waals surface area contributed by atoms with E-state index in [4.69, 9.17) is 0 Å². The van der Waals surface area contributed by atoms with E-state index in [1.165, 1.54) is 51.4 Å². The first-order valence-corrected chi connectivity index (χ1v) is 11.5. The van der Waals surface area contributed by atoms with Gasteiger partial charge in [-0.05, 0) is 19.3 Å². The van der Waals surface area contributed by atoms with Crippen LogP contribution in [0.5, 0.6) is 0 Å². The molecule has 0 spiro atoms. The minimum Gasteiger partial charge on any atom is -0.748 e. The summed E-state index contributed by atoms with van der Waals surface area (Å²) in [6.07, 6.45) is 14.4. The molecule has 0 heterocycles. The van der Waals surface area contributed by atoms with Gasteiger partial charge in [0.2, 0.25) is 0 Å². The molecule has 0 radical (unpaired) electrons. The number of aliphatic hydroxyl groups excluding tert-OH is 1. The van der Waals surface area contributed by atoms with Crippen LogP contribution in [0.25, 0.3) is 0 Å². The third-order valence-corrected chi connectivity index (χ3v) is 5.96. The minimum absolute atomic E-state index is 0. The fraction of sp³-hybridized carbons (Fsp3) is 1.00. The van der Waals surface area contributed by atoms with E-state index >= 15 is 0 Å². The smallest absolute Gasteiger partial charge is 0.748 e. The fourth-order valence-corrected chi connectivity index (χ4v) is 4.01. The van der Waals surface area contributed by atoms with Gasteiger partial charge in [0.25, 0.3) is 0 Å². The summed E-state index contributed by atoms with van der Waals surface area (Å²) in [5.74, 6) is 0. The van der Waals surface area contributed by atoms with Crippen molar-refractivity contribution in [2.24, 2.45) is 0 Å². The van der Waals surface area contributed by atoms with Gasteiger partial charge in [-0.15, -0.1) is 0 Å². The molecule has 0 aromatic rings. The van der Waals surface area contributed by atoms with Crippen molar-refractivity contribution in [2.75, 3.05) is 0 Å². The van der Waals surface area contributed by atoms with E-state index in [0.717, 1.165) is 25.7 Å². The maximum absolute atomic E-state index is 11.2. The van der Waals surface area contributed by atoms with Gasteiger partial charge >= 0.3 is 51.4 Å². The summed E-state index contributed by atoms with van der Waals surface area (Å²) in [6.45, 7) is 4.20. The molecule has 0 aliphatic heterocycles. The molecule has 2 unspecified atom stereocenters. The van der Waals surface area contributed by atoms with Crippen molar-refractivity contribution < 1.29 is 69.5 Å². The molecule has 146 valence electrons. The number of unbranched alkanes of at least 4 members (excludes halogenated alkanes) is 10. The predicted molar refractivity (Wildman–Crippen MR) is 100 cm³/mol. The molecule has 0 fully saturated rings. The molecular weight excluding hydrogens is 363 g/mol. The van der Waals surface area contributed by atoms with E-state index in [2.05, 4.69) is 6.92 Å². The van der Waals surface area contributed by atoms with E-state index in [0.29, 0.717) is 12.8 Å². The quantitative estimate of drug-likeness (QED) is 0.230. The summed E-state index contributed by atoms with van der Waals surface area (Å²) in [5.41, 5.74) is 0. The van der Waals surface area contributed by atoms with Crippen LogP contribution < -0.4 is 51.4 Å².